The van der Waals surface area contributed by atoms with Crippen molar-refractivity contribution in [3.8, 4) is 0 Å². The second kappa shape index (κ2) is 7.14. The third-order valence-electron chi connectivity index (χ3n) is 3.49. The lowest BCUT2D eigenvalue weighted by atomic mass is 9.97. The number of benzene rings is 1. The molecule has 0 aromatic heterocycles. The summed E-state index contributed by atoms with van der Waals surface area (Å²) in [5.41, 5.74) is 0.369. The number of likely N-dealkylation sites (tertiary alicyclic amines) is 1. The molecular formula is C15H17Cl2NO3. The zero-order valence-corrected chi connectivity index (χ0v) is 13.3. The monoisotopic (exact) mass is 329 g/mol. The maximum atomic E-state index is 12.5. The molecule has 1 atom stereocenters. The highest BCUT2D eigenvalue weighted by Gasteiger charge is 2.30. The number of carbonyl (C=O) groups excluding carboxylic acids is 2. The van der Waals surface area contributed by atoms with Gasteiger partial charge in [-0.25, -0.2) is 0 Å². The Morgan fingerprint density at radius 1 is 1.38 bits per heavy atom. The van der Waals surface area contributed by atoms with Gasteiger partial charge in [0.05, 0.1) is 23.1 Å². The Kier molecular flexibility index (Phi) is 5.48. The summed E-state index contributed by atoms with van der Waals surface area (Å²) in [6, 6.07) is 4.79. The topological polar surface area (TPSA) is 46.6 Å². The molecule has 1 aliphatic rings. The first kappa shape index (κ1) is 16.1. The molecule has 1 amide bonds. The molecule has 0 radical (unpaired) electrons. The SMILES string of the molecule is CCOC(=O)[C@@H]1CCCN(C(=O)c2cc(Cl)ccc2Cl)C1. The predicted octanol–water partition coefficient (Wildman–Crippen LogP) is 3.41. The standard InChI is InChI=1S/C15H17Cl2NO3/c1-2-21-15(20)10-4-3-7-18(9-10)14(19)12-8-11(16)5-6-13(12)17/h5-6,8,10H,2-4,7,9H2,1H3/t10-/m1/s1. The second-order valence-electron chi connectivity index (χ2n) is 4.97. The Labute approximate surface area is 134 Å². The van der Waals surface area contributed by atoms with Crippen LogP contribution in [0.15, 0.2) is 18.2 Å². The Balaban J connectivity index is 2.12. The van der Waals surface area contributed by atoms with Crippen LogP contribution in [0.5, 0.6) is 0 Å². The lowest BCUT2D eigenvalue weighted by Crippen LogP contribution is -2.42. The molecular weight excluding hydrogens is 313 g/mol. The molecule has 1 aliphatic heterocycles. The first-order chi connectivity index (χ1) is 10.0. The van der Waals surface area contributed by atoms with Gasteiger partial charge in [-0.1, -0.05) is 23.2 Å². The minimum Gasteiger partial charge on any atom is -0.466 e. The Bertz CT molecular complexity index is 548. The van der Waals surface area contributed by atoms with Crippen molar-refractivity contribution in [1.82, 2.24) is 4.90 Å². The predicted molar refractivity (Wildman–Crippen MR) is 81.7 cm³/mol. The molecule has 1 aromatic carbocycles. The van der Waals surface area contributed by atoms with Gasteiger partial charge in [0, 0.05) is 18.1 Å². The molecule has 6 heteroatoms. The van der Waals surface area contributed by atoms with Crippen LogP contribution in [0.1, 0.15) is 30.1 Å². The van der Waals surface area contributed by atoms with E-state index >= 15 is 0 Å². The van der Waals surface area contributed by atoms with Gasteiger partial charge >= 0.3 is 5.97 Å². The maximum Gasteiger partial charge on any atom is 0.310 e. The van der Waals surface area contributed by atoms with Gasteiger partial charge in [0.2, 0.25) is 0 Å². The maximum absolute atomic E-state index is 12.5. The molecule has 1 aromatic rings. The minimum atomic E-state index is -0.263. The quantitative estimate of drug-likeness (QED) is 0.798. The van der Waals surface area contributed by atoms with E-state index in [1.54, 1.807) is 30.0 Å². The smallest absolute Gasteiger partial charge is 0.310 e. The second-order valence-corrected chi connectivity index (χ2v) is 5.81. The van der Waals surface area contributed by atoms with E-state index in [4.69, 9.17) is 27.9 Å². The summed E-state index contributed by atoms with van der Waals surface area (Å²) in [5.74, 6) is -0.704. The fourth-order valence-corrected chi connectivity index (χ4v) is 2.82. The van der Waals surface area contributed by atoms with Crippen molar-refractivity contribution in [2.75, 3.05) is 19.7 Å². The van der Waals surface area contributed by atoms with Crippen molar-refractivity contribution in [3.63, 3.8) is 0 Å². The van der Waals surface area contributed by atoms with Crippen molar-refractivity contribution in [2.24, 2.45) is 5.92 Å². The zero-order valence-electron chi connectivity index (χ0n) is 11.8. The molecule has 0 N–H and O–H groups in total. The number of hydrogen-bond donors (Lipinski definition) is 0. The first-order valence-electron chi connectivity index (χ1n) is 6.94. The van der Waals surface area contributed by atoms with E-state index in [1.807, 2.05) is 0 Å². The third kappa shape index (κ3) is 3.89. The van der Waals surface area contributed by atoms with Crippen LogP contribution in [0.2, 0.25) is 10.0 Å². The fraction of sp³-hybridized carbons (Fsp3) is 0.467. The fourth-order valence-electron chi connectivity index (χ4n) is 2.45. The summed E-state index contributed by atoms with van der Waals surface area (Å²) in [5, 5.41) is 0.823. The summed E-state index contributed by atoms with van der Waals surface area (Å²) < 4.78 is 5.03. The summed E-state index contributed by atoms with van der Waals surface area (Å²) in [4.78, 5) is 26.0. The number of amides is 1. The molecule has 4 nitrogen and oxygen atoms in total. The van der Waals surface area contributed by atoms with Crippen LogP contribution in [0.3, 0.4) is 0 Å². The van der Waals surface area contributed by atoms with Crippen molar-refractivity contribution in [3.05, 3.63) is 33.8 Å². The van der Waals surface area contributed by atoms with Gasteiger partial charge in [0.15, 0.2) is 0 Å². The van der Waals surface area contributed by atoms with Gasteiger partial charge in [-0.15, -0.1) is 0 Å². The highest BCUT2D eigenvalue weighted by molar-refractivity contribution is 6.35. The molecule has 1 saturated heterocycles. The summed E-state index contributed by atoms with van der Waals surface area (Å²) >= 11 is 12.0. The van der Waals surface area contributed by atoms with Crippen LogP contribution >= 0.6 is 23.2 Å². The van der Waals surface area contributed by atoms with Crippen LogP contribution in [-0.2, 0) is 9.53 Å². The number of rotatable bonds is 3. The first-order valence-corrected chi connectivity index (χ1v) is 7.69. The highest BCUT2D eigenvalue weighted by atomic mass is 35.5. The summed E-state index contributed by atoms with van der Waals surface area (Å²) in [6.07, 6.45) is 1.51. The highest BCUT2D eigenvalue weighted by Crippen LogP contribution is 2.25. The lowest BCUT2D eigenvalue weighted by Gasteiger charge is -2.31. The number of piperidine rings is 1. The molecule has 114 valence electrons. The van der Waals surface area contributed by atoms with Crippen molar-refractivity contribution >= 4 is 35.1 Å². The molecule has 21 heavy (non-hydrogen) atoms. The van der Waals surface area contributed by atoms with E-state index in [1.165, 1.54) is 0 Å². The van der Waals surface area contributed by atoms with Gasteiger partial charge in [-0.2, -0.15) is 0 Å². The van der Waals surface area contributed by atoms with E-state index in [2.05, 4.69) is 0 Å². The number of hydrogen-bond acceptors (Lipinski definition) is 3. The van der Waals surface area contributed by atoms with Gasteiger partial charge < -0.3 is 9.64 Å². The van der Waals surface area contributed by atoms with Crippen LogP contribution in [0.25, 0.3) is 0 Å². The van der Waals surface area contributed by atoms with E-state index in [0.717, 1.165) is 12.8 Å². The van der Waals surface area contributed by atoms with E-state index in [-0.39, 0.29) is 17.8 Å². The molecule has 2 rings (SSSR count). The Morgan fingerprint density at radius 2 is 2.14 bits per heavy atom. The van der Waals surface area contributed by atoms with Gasteiger partial charge in [-0.3, -0.25) is 9.59 Å². The van der Waals surface area contributed by atoms with Crippen molar-refractivity contribution < 1.29 is 14.3 Å². The van der Waals surface area contributed by atoms with Crippen molar-refractivity contribution in [1.29, 1.82) is 0 Å². The summed E-state index contributed by atoms with van der Waals surface area (Å²) in [6.45, 7) is 3.09. The number of halogens is 2. The van der Waals surface area contributed by atoms with Crippen LogP contribution in [0.4, 0.5) is 0 Å². The Morgan fingerprint density at radius 3 is 2.86 bits per heavy atom. The molecule has 1 heterocycles. The number of nitrogens with zero attached hydrogens (tertiary/aromatic N) is 1. The zero-order chi connectivity index (χ0) is 15.4. The van der Waals surface area contributed by atoms with Crippen LogP contribution in [-0.4, -0.2) is 36.5 Å². The van der Waals surface area contributed by atoms with E-state index < -0.39 is 0 Å². The minimum absolute atomic E-state index is 0.198. The van der Waals surface area contributed by atoms with Crippen LogP contribution < -0.4 is 0 Å². The average Bonchev–Trinajstić information content (AvgIpc) is 2.49. The Hall–Kier alpha value is -1.26. The largest absolute Gasteiger partial charge is 0.466 e. The molecule has 1 fully saturated rings. The van der Waals surface area contributed by atoms with Crippen molar-refractivity contribution in [2.45, 2.75) is 19.8 Å². The van der Waals surface area contributed by atoms with Crippen LogP contribution in [0, 0.1) is 5.92 Å². The molecule has 0 spiro atoms. The summed E-state index contributed by atoms with van der Waals surface area (Å²) in [7, 11) is 0. The molecule has 0 bridgehead atoms. The van der Waals surface area contributed by atoms with E-state index in [9.17, 15) is 9.59 Å². The normalized spacial score (nSPS) is 18.4. The average molecular weight is 330 g/mol. The number of esters is 1. The van der Waals surface area contributed by atoms with Gasteiger partial charge in [0.1, 0.15) is 0 Å². The van der Waals surface area contributed by atoms with Gasteiger partial charge in [0.25, 0.3) is 5.91 Å². The van der Waals surface area contributed by atoms with E-state index in [0.29, 0.717) is 35.3 Å². The number of carbonyl (C=O) groups is 2. The lowest BCUT2D eigenvalue weighted by molar-refractivity contribution is -0.149. The molecule has 0 saturated carbocycles. The third-order valence-corrected chi connectivity index (χ3v) is 4.05. The number of ether oxygens (including phenoxy) is 1. The molecule has 0 aliphatic carbocycles. The molecule has 0 unspecified atom stereocenters. The van der Waals surface area contributed by atoms with Gasteiger partial charge in [-0.05, 0) is 38.0 Å².